The molecule has 3 N–H and O–H groups in total. The number of anilines is 1. The first-order valence-corrected chi connectivity index (χ1v) is 9.25. The molecule has 0 bridgehead atoms. The third-order valence-electron chi connectivity index (χ3n) is 4.87. The van der Waals surface area contributed by atoms with E-state index < -0.39 is 28.9 Å². The molecule has 0 spiro atoms. The Morgan fingerprint density at radius 3 is 2.80 bits per heavy atom. The monoisotopic (exact) mass is 420 g/mol. The summed E-state index contributed by atoms with van der Waals surface area (Å²) < 4.78 is 46.0. The van der Waals surface area contributed by atoms with Crippen LogP contribution in [-0.4, -0.2) is 57.8 Å². The second kappa shape index (κ2) is 8.28. The van der Waals surface area contributed by atoms with E-state index in [0.29, 0.717) is 36.8 Å². The molecule has 1 amide bonds. The molecule has 0 unspecified atom stereocenters. The number of ether oxygens (including phenoxy) is 1. The lowest BCUT2D eigenvalue weighted by Gasteiger charge is -2.25. The molecule has 0 saturated carbocycles. The Kier molecular flexibility index (Phi) is 5.55. The number of carbonyl (C=O) groups excluding carboxylic acids is 1. The number of aromatic amines is 2. The fourth-order valence-corrected chi connectivity index (χ4v) is 3.38. The van der Waals surface area contributed by atoms with Crippen LogP contribution in [-0.2, 0) is 17.7 Å². The summed E-state index contributed by atoms with van der Waals surface area (Å²) in [7, 11) is 1.65. The predicted molar refractivity (Wildman–Crippen MR) is 101 cm³/mol. The highest BCUT2D eigenvalue weighted by atomic mass is 19.1. The Morgan fingerprint density at radius 2 is 2.07 bits per heavy atom. The van der Waals surface area contributed by atoms with Crippen LogP contribution in [0.25, 0.3) is 11.5 Å². The maximum Gasteiger partial charge on any atom is 0.261 e. The van der Waals surface area contributed by atoms with E-state index in [-0.39, 0.29) is 5.69 Å². The molecule has 8 nitrogen and oxygen atoms in total. The minimum absolute atomic E-state index is 0.186. The molecule has 0 radical (unpaired) electrons. The number of benzene rings is 1. The summed E-state index contributed by atoms with van der Waals surface area (Å²) in [5.41, 5.74) is 1.43. The molecule has 3 aromatic rings. The first-order chi connectivity index (χ1) is 14.5. The topological polar surface area (TPSA) is 98.9 Å². The van der Waals surface area contributed by atoms with Gasteiger partial charge in [0.25, 0.3) is 5.91 Å². The van der Waals surface area contributed by atoms with E-state index in [0.717, 1.165) is 30.9 Å². The smallest absolute Gasteiger partial charge is 0.261 e. The SMILES string of the molecule is COCCN1CCc2[nH]c(-c3n[nH]cc3NC(=O)c3c(F)cc(F)cc3F)nc2C1. The minimum atomic E-state index is -1.29. The largest absolute Gasteiger partial charge is 0.383 e. The van der Waals surface area contributed by atoms with Crippen LogP contribution in [0.5, 0.6) is 0 Å². The van der Waals surface area contributed by atoms with Crippen LogP contribution in [0.1, 0.15) is 21.7 Å². The maximum atomic E-state index is 13.9. The molecule has 158 valence electrons. The van der Waals surface area contributed by atoms with Crippen molar-refractivity contribution in [2.45, 2.75) is 13.0 Å². The highest BCUT2D eigenvalue weighted by Crippen LogP contribution is 2.27. The molecule has 11 heteroatoms. The first kappa shape index (κ1) is 20.1. The van der Waals surface area contributed by atoms with Crippen molar-refractivity contribution in [3.63, 3.8) is 0 Å². The quantitative estimate of drug-likeness (QED) is 0.569. The van der Waals surface area contributed by atoms with Crippen molar-refractivity contribution in [3.8, 4) is 11.5 Å². The molecular weight excluding hydrogens is 401 g/mol. The van der Waals surface area contributed by atoms with E-state index in [1.807, 2.05) is 0 Å². The normalized spacial score (nSPS) is 14.0. The highest BCUT2D eigenvalue weighted by Gasteiger charge is 2.24. The second-order valence-electron chi connectivity index (χ2n) is 6.88. The molecule has 1 aromatic carbocycles. The Balaban J connectivity index is 1.55. The Hall–Kier alpha value is -3.18. The van der Waals surface area contributed by atoms with Crippen LogP contribution >= 0.6 is 0 Å². The van der Waals surface area contributed by atoms with Gasteiger partial charge in [-0.05, 0) is 0 Å². The zero-order chi connectivity index (χ0) is 21.3. The van der Waals surface area contributed by atoms with Crippen molar-refractivity contribution in [1.82, 2.24) is 25.1 Å². The third kappa shape index (κ3) is 3.94. The van der Waals surface area contributed by atoms with E-state index >= 15 is 0 Å². The molecule has 1 aliphatic rings. The van der Waals surface area contributed by atoms with Gasteiger partial charge < -0.3 is 15.0 Å². The molecule has 0 fully saturated rings. The zero-order valence-corrected chi connectivity index (χ0v) is 16.1. The summed E-state index contributed by atoms with van der Waals surface area (Å²) in [6.45, 7) is 2.91. The number of H-pyrrole nitrogens is 2. The summed E-state index contributed by atoms with van der Waals surface area (Å²) in [5, 5.41) is 9.10. The van der Waals surface area contributed by atoms with Crippen LogP contribution in [0.3, 0.4) is 0 Å². The van der Waals surface area contributed by atoms with Gasteiger partial charge in [0.05, 0.1) is 18.0 Å². The second-order valence-corrected chi connectivity index (χ2v) is 6.88. The number of amides is 1. The molecule has 4 rings (SSSR count). The van der Waals surface area contributed by atoms with Crippen LogP contribution in [0.2, 0.25) is 0 Å². The predicted octanol–water partition coefficient (Wildman–Crippen LogP) is 2.47. The summed E-state index contributed by atoms with van der Waals surface area (Å²) in [5.74, 6) is -4.33. The van der Waals surface area contributed by atoms with Crippen molar-refractivity contribution >= 4 is 11.6 Å². The lowest BCUT2D eigenvalue weighted by molar-refractivity contribution is 0.101. The number of halogens is 3. The van der Waals surface area contributed by atoms with Crippen LogP contribution in [0.4, 0.5) is 18.9 Å². The molecule has 3 heterocycles. The number of nitrogens with one attached hydrogen (secondary N) is 3. The lowest BCUT2D eigenvalue weighted by atomic mass is 10.1. The number of imidazole rings is 1. The average molecular weight is 420 g/mol. The van der Waals surface area contributed by atoms with Crippen molar-refractivity contribution in [1.29, 1.82) is 0 Å². The van der Waals surface area contributed by atoms with Gasteiger partial charge in [0, 0.05) is 57.2 Å². The van der Waals surface area contributed by atoms with Gasteiger partial charge in [-0.1, -0.05) is 0 Å². The van der Waals surface area contributed by atoms with E-state index in [9.17, 15) is 18.0 Å². The summed E-state index contributed by atoms with van der Waals surface area (Å²) in [4.78, 5) is 22.4. The summed E-state index contributed by atoms with van der Waals surface area (Å²) in [6, 6.07) is 0.897. The van der Waals surface area contributed by atoms with E-state index in [1.165, 1.54) is 6.20 Å². The van der Waals surface area contributed by atoms with Crippen molar-refractivity contribution in [2.75, 3.05) is 32.1 Å². The standard InChI is InChI=1S/C19H19F3N6O2/c1-30-5-4-28-3-2-13-15(9-28)25-18(24-13)17-14(8-23-27-17)26-19(29)16-11(21)6-10(20)7-12(16)22/h6-8H,2-5,9H2,1H3,(H,23,27)(H,24,25)(H,26,29). The molecule has 0 atom stereocenters. The number of aromatic nitrogens is 4. The summed E-state index contributed by atoms with van der Waals surface area (Å²) in [6.07, 6.45) is 2.14. The maximum absolute atomic E-state index is 13.9. The number of hydrogen-bond acceptors (Lipinski definition) is 5. The fourth-order valence-electron chi connectivity index (χ4n) is 3.38. The van der Waals surface area contributed by atoms with Crippen molar-refractivity contribution in [2.24, 2.45) is 0 Å². The van der Waals surface area contributed by atoms with E-state index in [1.54, 1.807) is 7.11 Å². The van der Waals surface area contributed by atoms with Gasteiger partial charge in [0.2, 0.25) is 0 Å². The molecule has 30 heavy (non-hydrogen) atoms. The lowest BCUT2D eigenvalue weighted by Crippen LogP contribution is -2.33. The van der Waals surface area contributed by atoms with Gasteiger partial charge in [-0.2, -0.15) is 5.10 Å². The number of fused-ring (bicyclic) bond motifs is 1. The van der Waals surface area contributed by atoms with Crippen molar-refractivity contribution in [3.05, 3.63) is 52.7 Å². The molecule has 1 aliphatic heterocycles. The number of methoxy groups -OCH3 is 1. The highest BCUT2D eigenvalue weighted by molar-refractivity contribution is 6.06. The first-order valence-electron chi connectivity index (χ1n) is 9.25. The average Bonchev–Trinajstić information content (AvgIpc) is 3.31. The van der Waals surface area contributed by atoms with E-state index in [4.69, 9.17) is 4.74 Å². The Morgan fingerprint density at radius 1 is 1.30 bits per heavy atom. The molecule has 2 aromatic heterocycles. The van der Waals surface area contributed by atoms with Gasteiger partial charge >= 0.3 is 0 Å². The number of rotatable bonds is 6. The van der Waals surface area contributed by atoms with Crippen LogP contribution in [0.15, 0.2) is 18.3 Å². The van der Waals surface area contributed by atoms with Crippen LogP contribution in [0, 0.1) is 17.5 Å². The number of nitrogens with zero attached hydrogens (tertiary/aromatic N) is 3. The fraction of sp³-hybridized carbons (Fsp3) is 0.316. The van der Waals surface area contributed by atoms with Gasteiger partial charge in [0.15, 0.2) is 11.5 Å². The minimum Gasteiger partial charge on any atom is -0.383 e. The van der Waals surface area contributed by atoms with Crippen molar-refractivity contribution < 1.29 is 22.7 Å². The molecule has 0 aliphatic carbocycles. The summed E-state index contributed by atoms with van der Waals surface area (Å²) >= 11 is 0. The van der Waals surface area contributed by atoms with Gasteiger partial charge in [-0.15, -0.1) is 0 Å². The third-order valence-corrected chi connectivity index (χ3v) is 4.87. The van der Waals surface area contributed by atoms with E-state index in [2.05, 4.69) is 30.4 Å². The molecule has 0 saturated heterocycles. The van der Waals surface area contributed by atoms with Gasteiger partial charge in [-0.25, -0.2) is 18.2 Å². The molecular formula is C19H19F3N6O2. The Bertz CT molecular complexity index is 1060. The zero-order valence-electron chi connectivity index (χ0n) is 16.1. The van der Waals surface area contributed by atoms with Crippen LogP contribution < -0.4 is 5.32 Å². The van der Waals surface area contributed by atoms with Gasteiger partial charge in [-0.3, -0.25) is 14.8 Å². The number of carbonyl (C=O) groups is 1. The number of hydrogen-bond donors (Lipinski definition) is 3. The Labute approximate surface area is 169 Å². The van der Waals surface area contributed by atoms with Gasteiger partial charge in [0.1, 0.15) is 23.0 Å².